The molecule has 14 heavy (non-hydrogen) atoms. The number of nitrogens with zero attached hydrogens (tertiary/aromatic N) is 2. The molecule has 0 unspecified atom stereocenters. The molecule has 1 N–H and O–H groups in total. The number of rotatable bonds is 1. The van der Waals surface area contributed by atoms with Gasteiger partial charge in [0, 0.05) is 0 Å². The molecule has 0 amide bonds. The van der Waals surface area contributed by atoms with Crippen LogP contribution in [0, 0.1) is 0 Å². The Balaban J connectivity index is 2.42. The molecule has 5 heteroatoms. The molecule has 1 aromatic rings. The van der Waals surface area contributed by atoms with Gasteiger partial charge in [-0.1, -0.05) is 0 Å². The number of fused-ring (bicyclic) bond motifs is 1. The lowest BCUT2D eigenvalue weighted by molar-refractivity contribution is -0.0630. The predicted octanol–water partition coefficient (Wildman–Crippen LogP) is 0.890. The topological polar surface area (TPSA) is 64.4 Å². The number of hydrogen-bond acceptors (Lipinski definition) is 3. The van der Waals surface area contributed by atoms with Gasteiger partial charge in [-0.05, 0) is 13.8 Å². The normalized spacial score (nSPS) is 19.0. The fraction of sp³-hybridized carbons (Fsp3) is 0.556. The minimum atomic E-state index is -0.992. The minimum absolute atomic E-state index is 0.0939. The molecule has 0 atom stereocenters. The van der Waals surface area contributed by atoms with Crippen LogP contribution < -0.4 is 0 Å². The molecule has 0 saturated heterocycles. The zero-order valence-corrected chi connectivity index (χ0v) is 8.15. The SMILES string of the molecule is CC1(C)Cn2c(cnc2C(=O)O)CO1. The van der Waals surface area contributed by atoms with Gasteiger partial charge >= 0.3 is 5.97 Å². The maximum atomic E-state index is 10.8. The standard InChI is InChI=1S/C9H12N2O3/c1-9(2)5-11-6(4-14-9)3-10-7(11)8(12)13/h3H,4-5H2,1-2H3,(H,12,13). The molecule has 2 heterocycles. The Morgan fingerprint density at radius 3 is 3.07 bits per heavy atom. The van der Waals surface area contributed by atoms with Crippen molar-refractivity contribution in [3.8, 4) is 0 Å². The van der Waals surface area contributed by atoms with Crippen LogP contribution in [-0.2, 0) is 17.9 Å². The lowest BCUT2D eigenvalue weighted by Gasteiger charge is -2.31. The Hall–Kier alpha value is -1.36. The lowest BCUT2D eigenvalue weighted by Crippen LogP contribution is -2.36. The van der Waals surface area contributed by atoms with Crippen molar-refractivity contribution in [2.45, 2.75) is 32.6 Å². The Morgan fingerprint density at radius 1 is 1.71 bits per heavy atom. The third-order valence-electron chi connectivity index (χ3n) is 2.28. The summed E-state index contributed by atoms with van der Waals surface area (Å²) in [5.74, 6) is -0.898. The quantitative estimate of drug-likeness (QED) is 0.724. The van der Waals surface area contributed by atoms with E-state index in [0.29, 0.717) is 13.2 Å². The van der Waals surface area contributed by atoms with Gasteiger partial charge in [-0.15, -0.1) is 0 Å². The van der Waals surface area contributed by atoms with E-state index in [1.165, 1.54) is 0 Å². The third kappa shape index (κ3) is 1.39. The molecule has 1 aliphatic rings. The molecular weight excluding hydrogens is 184 g/mol. The van der Waals surface area contributed by atoms with Crippen LogP contribution in [0.25, 0.3) is 0 Å². The molecule has 1 aromatic heterocycles. The summed E-state index contributed by atoms with van der Waals surface area (Å²) in [4.78, 5) is 14.7. The number of aromatic carboxylic acids is 1. The largest absolute Gasteiger partial charge is 0.475 e. The summed E-state index contributed by atoms with van der Waals surface area (Å²) in [5, 5.41) is 8.88. The molecule has 0 aromatic carbocycles. The maximum Gasteiger partial charge on any atom is 0.372 e. The molecule has 1 aliphatic heterocycles. The highest BCUT2D eigenvalue weighted by Gasteiger charge is 2.29. The van der Waals surface area contributed by atoms with Crippen LogP contribution in [0.15, 0.2) is 6.20 Å². The molecule has 0 radical (unpaired) electrons. The average molecular weight is 196 g/mol. The van der Waals surface area contributed by atoms with Crippen LogP contribution in [0.1, 0.15) is 30.2 Å². The van der Waals surface area contributed by atoms with Gasteiger partial charge in [0.05, 0.1) is 30.6 Å². The van der Waals surface area contributed by atoms with E-state index < -0.39 is 5.97 Å². The summed E-state index contributed by atoms with van der Waals surface area (Å²) in [7, 11) is 0. The first-order valence-corrected chi connectivity index (χ1v) is 4.41. The molecule has 5 nitrogen and oxygen atoms in total. The van der Waals surface area contributed by atoms with E-state index in [0.717, 1.165) is 5.69 Å². The van der Waals surface area contributed by atoms with Crippen molar-refractivity contribution < 1.29 is 14.6 Å². The minimum Gasteiger partial charge on any atom is -0.475 e. The van der Waals surface area contributed by atoms with Gasteiger partial charge < -0.3 is 14.4 Å². The highest BCUT2D eigenvalue weighted by atomic mass is 16.5. The number of carboxylic acid groups (broad SMARTS) is 1. The molecule has 2 rings (SSSR count). The highest BCUT2D eigenvalue weighted by Crippen LogP contribution is 2.23. The van der Waals surface area contributed by atoms with E-state index in [2.05, 4.69) is 4.98 Å². The van der Waals surface area contributed by atoms with E-state index in [4.69, 9.17) is 9.84 Å². The van der Waals surface area contributed by atoms with E-state index in [9.17, 15) is 4.79 Å². The summed E-state index contributed by atoms with van der Waals surface area (Å²) in [5.41, 5.74) is 0.500. The number of imidazole rings is 1. The Bertz CT molecular complexity index is 381. The van der Waals surface area contributed by atoms with Crippen molar-refractivity contribution in [2.75, 3.05) is 0 Å². The van der Waals surface area contributed by atoms with E-state index in [1.807, 2.05) is 13.8 Å². The Labute approximate surface area is 81.3 Å². The number of ether oxygens (including phenoxy) is 1. The second-order valence-electron chi connectivity index (χ2n) is 4.01. The predicted molar refractivity (Wildman–Crippen MR) is 48.1 cm³/mol. The zero-order valence-electron chi connectivity index (χ0n) is 8.15. The van der Waals surface area contributed by atoms with Crippen LogP contribution in [0.3, 0.4) is 0 Å². The number of carboxylic acids is 1. The smallest absolute Gasteiger partial charge is 0.372 e. The zero-order chi connectivity index (χ0) is 10.3. The van der Waals surface area contributed by atoms with E-state index in [-0.39, 0.29) is 11.4 Å². The highest BCUT2D eigenvalue weighted by molar-refractivity contribution is 5.83. The summed E-state index contributed by atoms with van der Waals surface area (Å²) in [6.07, 6.45) is 1.55. The maximum absolute atomic E-state index is 10.8. The van der Waals surface area contributed by atoms with Crippen molar-refractivity contribution in [2.24, 2.45) is 0 Å². The van der Waals surface area contributed by atoms with Crippen LogP contribution >= 0.6 is 0 Å². The van der Waals surface area contributed by atoms with Crippen molar-refractivity contribution in [3.05, 3.63) is 17.7 Å². The first kappa shape index (κ1) is 9.21. The Kier molecular flexibility index (Phi) is 1.85. The second-order valence-corrected chi connectivity index (χ2v) is 4.01. The van der Waals surface area contributed by atoms with Gasteiger partial charge in [0.2, 0.25) is 5.82 Å². The van der Waals surface area contributed by atoms with Gasteiger partial charge in [0.15, 0.2) is 0 Å². The molecule has 76 valence electrons. The first-order chi connectivity index (χ1) is 6.49. The first-order valence-electron chi connectivity index (χ1n) is 4.41. The molecule has 0 aliphatic carbocycles. The van der Waals surface area contributed by atoms with Gasteiger partial charge in [-0.2, -0.15) is 0 Å². The van der Waals surface area contributed by atoms with Gasteiger partial charge in [-0.3, -0.25) is 0 Å². The second kappa shape index (κ2) is 2.81. The molecule has 0 fully saturated rings. The summed E-state index contributed by atoms with van der Waals surface area (Å²) in [6, 6.07) is 0. The Morgan fingerprint density at radius 2 is 2.43 bits per heavy atom. The lowest BCUT2D eigenvalue weighted by atomic mass is 10.1. The van der Waals surface area contributed by atoms with Crippen LogP contribution in [0.5, 0.6) is 0 Å². The van der Waals surface area contributed by atoms with Gasteiger partial charge in [0.1, 0.15) is 0 Å². The number of hydrogen-bond donors (Lipinski definition) is 1. The molecular formula is C9H12N2O3. The summed E-state index contributed by atoms with van der Waals surface area (Å²) < 4.78 is 7.23. The van der Waals surface area contributed by atoms with Crippen molar-refractivity contribution >= 4 is 5.97 Å². The summed E-state index contributed by atoms with van der Waals surface area (Å²) in [6.45, 7) is 4.82. The number of aromatic nitrogens is 2. The molecule has 0 saturated carbocycles. The third-order valence-corrected chi connectivity index (χ3v) is 2.28. The van der Waals surface area contributed by atoms with Crippen molar-refractivity contribution in [1.29, 1.82) is 0 Å². The summed E-state index contributed by atoms with van der Waals surface area (Å²) >= 11 is 0. The van der Waals surface area contributed by atoms with Crippen LogP contribution in [0.2, 0.25) is 0 Å². The van der Waals surface area contributed by atoms with Crippen LogP contribution in [0.4, 0.5) is 0 Å². The fourth-order valence-electron chi connectivity index (χ4n) is 1.57. The molecule has 0 bridgehead atoms. The van der Waals surface area contributed by atoms with Crippen LogP contribution in [-0.4, -0.2) is 26.2 Å². The van der Waals surface area contributed by atoms with E-state index >= 15 is 0 Å². The van der Waals surface area contributed by atoms with Gasteiger partial charge in [0.25, 0.3) is 0 Å². The van der Waals surface area contributed by atoms with Crippen molar-refractivity contribution in [1.82, 2.24) is 9.55 Å². The molecule has 0 spiro atoms. The van der Waals surface area contributed by atoms with Crippen molar-refractivity contribution in [3.63, 3.8) is 0 Å². The van der Waals surface area contributed by atoms with E-state index in [1.54, 1.807) is 10.8 Å². The van der Waals surface area contributed by atoms with Gasteiger partial charge in [-0.25, -0.2) is 9.78 Å². The number of carbonyl (C=O) groups is 1. The average Bonchev–Trinajstić information content (AvgIpc) is 2.44. The monoisotopic (exact) mass is 196 g/mol. The fourth-order valence-corrected chi connectivity index (χ4v) is 1.57.